The van der Waals surface area contributed by atoms with Crippen LogP contribution in [0.5, 0.6) is 0 Å². The van der Waals surface area contributed by atoms with E-state index in [1.54, 1.807) is 24.0 Å². The topological polar surface area (TPSA) is 86.8 Å². The molecule has 3 rings (SSSR count). The zero-order valence-electron chi connectivity index (χ0n) is 22.6. The lowest BCUT2D eigenvalue weighted by atomic mass is 9.95. The monoisotopic (exact) mass is 527 g/mol. The van der Waals surface area contributed by atoms with Crippen LogP contribution in [0.15, 0.2) is 48.5 Å². The smallest absolute Gasteiger partial charge is 0.242 e. The molecule has 7 nitrogen and oxygen atoms in total. The lowest BCUT2D eigenvalue weighted by Crippen LogP contribution is -2.50. The summed E-state index contributed by atoms with van der Waals surface area (Å²) >= 11 is 0. The number of hydrogen-bond acceptors (Lipinski definition) is 4. The van der Waals surface area contributed by atoms with Crippen LogP contribution in [0.2, 0.25) is 0 Å². The molecule has 202 valence electrons. The minimum Gasteiger partial charge on any atom is -0.352 e. The Morgan fingerprint density at radius 1 is 1.00 bits per heavy atom. The normalized spacial score (nSPS) is 15.1. The molecule has 1 aliphatic carbocycles. The van der Waals surface area contributed by atoms with E-state index in [1.807, 2.05) is 50.2 Å². The fraction of sp³-hybridized carbons (Fsp3) is 0.517. The summed E-state index contributed by atoms with van der Waals surface area (Å²) in [6.07, 6.45) is 7.05. The summed E-state index contributed by atoms with van der Waals surface area (Å²) in [6.45, 7) is 6.24. The number of benzene rings is 2. The first-order valence-corrected chi connectivity index (χ1v) is 15.1. The van der Waals surface area contributed by atoms with Crippen molar-refractivity contribution in [3.05, 3.63) is 65.2 Å². The van der Waals surface area contributed by atoms with E-state index in [0.29, 0.717) is 18.7 Å². The van der Waals surface area contributed by atoms with E-state index in [9.17, 15) is 18.0 Å². The van der Waals surface area contributed by atoms with Crippen LogP contribution in [0.25, 0.3) is 0 Å². The first-order chi connectivity index (χ1) is 17.5. The Morgan fingerprint density at radius 3 is 2.30 bits per heavy atom. The Labute approximate surface area is 222 Å². The summed E-state index contributed by atoms with van der Waals surface area (Å²) in [5.41, 5.74) is 3.67. The zero-order chi connectivity index (χ0) is 27.0. The van der Waals surface area contributed by atoms with Gasteiger partial charge in [0.1, 0.15) is 6.04 Å². The molecule has 8 heteroatoms. The highest BCUT2D eigenvalue weighted by Crippen LogP contribution is 2.21. The summed E-state index contributed by atoms with van der Waals surface area (Å²) in [7, 11) is -3.50. The zero-order valence-corrected chi connectivity index (χ0v) is 23.4. The molecule has 0 radical (unpaired) electrons. The van der Waals surface area contributed by atoms with Gasteiger partial charge >= 0.3 is 0 Å². The number of sulfonamides is 1. The van der Waals surface area contributed by atoms with Crippen molar-refractivity contribution in [1.82, 2.24) is 10.2 Å². The molecular weight excluding hydrogens is 486 g/mol. The number of nitrogens with one attached hydrogen (secondary N) is 1. The summed E-state index contributed by atoms with van der Waals surface area (Å²) in [5, 5.41) is 3.15. The quantitative estimate of drug-likeness (QED) is 0.458. The summed E-state index contributed by atoms with van der Waals surface area (Å²) < 4.78 is 26.3. The lowest BCUT2D eigenvalue weighted by molar-refractivity contribution is -0.141. The molecule has 37 heavy (non-hydrogen) atoms. The van der Waals surface area contributed by atoms with Crippen LogP contribution in [-0.2, 0) is 26.2 Å². The molecule has 1 N–H and O–H groups in total. The lowest BCUT2D eigenvalue weighted by Gasteiger charge is -2.31. The van der Waals surface area contributed by atoms with Gasteiger partial charge in [0.15, 0.2) is 0 Å². The van der Waals surface area contributed by atoms with Gasteiger partial charge in [-0.25, -0.2) is 8.42 Å². The maximum atomic E-state index is 13.5. The van der Waals surface area contributed by atoms with E-state index in [1.165, 1.54) is 17.0 Å². The predicted octanol–water partition coefficient (Wildman–Crippen LogP) is 4.72. The van der Waals surface area contributed by atoms with Crippen molar-refractivity contribution in [2.45, 2.75) is 84.3 Å². The summed E-state index contributed by atoms with van der Waals surface area (Å²) in [5.74, 6) is -0.296. The van der Waals surface area contributed by atoms with Crippen molar-refractivity contribution in [2.24, 2.45) is 0 Å². The standard InChI is InChI=1S/C29H41N3O4S/c1-22-15-17-27(18-16-22)32(37(4,35)36)19-9-14-28(33)31(21-25-11-8-10-23(2)20-25)24(3)29(34)30-26-12-6-5-7-13-26/h8,10-11,15-18,20,24,26H,5-7,9,12-14,19,21H2,1-4H3,(H,30,34)/t24-/m1/s1. The van der Waals surface area contributed by atoms with E-state index in [0.717, 1.165) is 42.4 Å². The van der Waals surface area contributed by atoms with E-state index in [2.05, 4.69) is 5.32 Å². The minimum atomic E-state index is -3.50. The third-order valence-corrected chi connectivity index (χ3v) is 8.22. The molecule has 0 spiro atoms. The number of rotatable bonds is 11. The van der Waals surface area contributed by atoms with Gasteiger partial charge in [-0.2, -0.15) is 0 Å². The summed E-state index contributed by atoms with van der Waals surface area (Å²) in [4.78, 5) is 28.2. The Kier molecular flexibility index (Phi) is 10.1. The van der Waals surface area contributed by atoms with Crippen molar-refractivity contribution >= 4 is 27.5 Å². The molecule has 2 aromatic rings. The molecule has 1 aliphatic rings. The molecule has 0 heterocycles. The number of hydrogen-bond donors (Lipinski definition) is 1. The molecule has 2 aromatic carbocycles. The van der Waals surface area contributed by atoms with Gasteiger partial charge in [0.05, 0.1) is 11.9 Å². The molecule has 1 atom stereocenters. The number of carbonyl (C=O) groups excluding carboxylic acids is 2. The van der Waals surface area contributed by atoms with E-state index in [-0.39, 0.29) is 30.8 Å². The van der Waals surface area contributed by atoms with Crippen LogP contribution in [-0.4, -0.2) is 50.0 Å². The molecule has 0 bridgehead atoms. The Bertz CT molecular complexity index is 1160. The number of nitrogens with zero attached hydrogens (tertiary/aromatic N) is 2. The second-order valence-electron chi connectivity index (χ2n) is 10.3. The molecule has 2 amide bonds. The van der Waals surface area contributed by atoms with Gasteiger partial charge in [-0.1, -0.05) is 66.8 Å². The van der Waals surface area contributed by atoms with Crippen LogP contribution in [0, 0.1) is 13.8 Å². The van der Waals surface area contributed by atoms with Gasteiger partial charge in [0.25, 0.3) is 0 Å². The fourth-order valence-corrected chi connectivity index (χ4v) is 5.84. The number of anilines is 1. The van der Waals surface area contributed by atoms with Crippen molar-refractivity contribution in [1.29, 1.82) is 0 Å². The van der Waals surface area contributed by atoms with Gasteiger partial charge in [0, 0.05) is 25.6 Å². The first-order valence-electron chi connectivity index (χ1n) is 13.2. The average molecular weight is 528 g/mol. The molecule has 1 saturated carbocycles. The maximum Gasteiger partial charge on any atom is 0.242 e. The van der Waals surface area contributed by atoms with Crippen molar-refractivity contribution in [2.75, 3.05) is 17.1 Å². The van der Waals surface area contributed by atoms with Crippen LogP contribution < -0.4 is 9.62 Å². The molecule has 0 unspecified atom stereocenters. The highest BCUT2D eigenvalue weighted by molar-refractivity contribution is 7.92. The predicted molar refractivity (Wildman–Crippen MR) is 149 cm³/mol. The Hall–Kier alpha value is -2.87. The van der Waals surface area contributed by atoms with Crippen molar-refractivity contribution in [3.8, 4) is 0 Å². The van der Waals surface area contributed by atoms with Gasteiger partial charge in [0.2, 0.25) is 21.8 Å². The van der Waals surface area contributed by atoms with Gasteiger partial charge in [-0.15, -0.1) is 0 Å². The summed E-state index contributed by atoms with van der Waals surface area (Å²) in [6, 6.07) is 14.8. The SMILES string of the molecule is Cc1ccc(N(CCCC(=O)N(Cc2cccc(C)c2)[C@H](C)C(=O)NC2CCCCC2)S(C)(=O)=O)cc1. The van der Waals surface area contributed by atoms with Gasteiger partial charge in [-0.3, -0.25) is 13.9 Å². The number of amides is 2. The fourth-order valence-electron chi connectivity index (χ4n) is 4.87. The average Bonchev–Trinajstić information content (AvgIpc) is 2.85. The highest BCUT2D eigenvalue weighted by atomic mass is 32.2. The maximum absolute atomic E-state index is 13.5. The first kappa shape index (κ1) is 28.7. The molecule has 0 saturated heterocycles. The van der Waals surface area contributed by atoms with Crippen LogP contribution in [0.3, 0.4) is 0 Å². The minimum absolute atomic E-state index is 0.134. The number of aryl methyl sites for hydroxylation is 2. The van der Waals surface area contributed by atoms with Crippen LogP contribution in [0.1, 0.15) is 68.6 Å². The third kappa shape index (κ3) is 8.59. The third-order valence-electron chi connectivity index (χ3n) is 7.03. The molecule has 1 fully saturated rings. The van der Waals surface area contributed by atoms with Crippen LogP contribution in [0.4, 0.5) is 5.69 Å². The van der Waals surface area contributed by atoms with Gasteiger partial charge < -0.3 is 10.2 Å². The van der Waals surface area contributed by atoms with E-state index < -0.39 is 16.1 Å². The van der Waals surface area contributed by atoms with Crippen LogP contribution >= 0.6 is 0 Å². The molecular formula is C29H41N3O4S. The second kappa shape index (κ2) is 13.1. The Morgan fingerprint density at radius 2 is 1.68 bits per heavy atom. The van der Waals surface area contributed by atoms with Gasteiger partial charge in [-0.05, 0) is 57.7 Å². The van der Waals surface area contributed by atoms with E-state index >= 15 is 0 Å². The molecule has 0 aliphatic heterocycles. The van der Waals surface area contributed by atoms with Crippen molar-refractivity contribution in [3.63, 3.8) is 0 Å². The highest BCUT2D eigenvalue weighted by Gasteiger charge is 2.28. The van der Waals surface area contributed by atoms with Crippen molar-refractivity contribution < 1.29 is 18.0 Å². The largest absolute Gasteiger partial charge is 0.352 e. The Balaban J connectivity index is 1.71. The molecule has 0 aromatic heterocycles. The second-order valence-corrected chi connectivity index (χ2v) is 12.2. The van der Waals surface area contributed by atoms with E-state index in [4.69, 9.17) is 0 Å². The number of carbonyl (C=O) groups is 2.